The highest BCUT2D eigenvalue weighted by molar-refractivity contribution is 5.71. The maximum Gasteiger partial charge on any atom is 0.306 e. The van der Waals surface area contributed by atoms with Crippen LogP contribution in [0.2, 0.25) is 0 Å². The van der Waals surface area contributed by atoms with Gasteiger partial charge in [0, 0.05) is 19.3 Å². The average Bonchev–Trinajstić information content (AvgIpc) is 3.49. The predicted octanol–water partition coefficient (Wildman–Crippen LogP) is 23.9. The minimum atomic E-state index is -0.816. The van der Waals surface area contributed by atoms with Crippen LogP contribution < -0.4 is 0 Å². The van der Waals surface area contributed by atoms with Crippen molar-refractivity contribution >= 4 is 17.9 Å². The summed E-state index contributed by atoms with van der Waals surface area (Å²) in [6.07, 6.45) is 100. The van der Waals surface area contributed by atoms with Crippen LogP contribution in [-0.4, -0.2) is 37.2 Å². The number of hydrogen-bond donors (Lipinski definition) is 0. The zero-order valence-corrected chi connectivity index (χ0v) is 53.9. The largest absolute Gasteiger partial charge is 0.462 e. The van der Waals surface area contributed by atoms with Gasteiger partial charge < -0.3 is 14.2 Å². The molecule has 0 aliphatic carbocycles. The van der Waals surface area contributed by atoms with Crippen LogP contribution in [-0.2, 0) is 28.6 Å². The molecule has 0 radical (unpaired) electrons. The zero-order chi connectivity index (χ0) is 59.9. The fraction of sp³-hybridized carbons (Fsp3) is 0.649. The van der Waals surface area contributed by atoms with Crippen molar-refractivity contribution in [2.24, 2.45) is 0 Å². The summed E-state index contributed by atoms with van der Waals surface area (Å²) in [5.41, 5.74) is 0. The van der Waals surface area contributed by atoms with E-state index in [0.717, 1.165) is 141 Å². The van der Waals surface area contributed by atoms with E-state index in [1.165, 1.54) is 116 Å². The number of hydrogen-bond acceptors (Lipinski definition) is 6. The van der Waals surface area contributed by atoms with E-state index in [1.54, 1.807) is 0 Å². The fourth-order valence-electron chi connectivity index (χ4n) is 9.28. The van der Waals surface area contributed by atoms with Gasteiger partial charge in [-0.2, -0.15) is 0 Å². The Morgan fingerprint density at radius 2 is 0.482 bits per heavy atom. The topological polar surface area (TPSA) is 78.9 Å². The van der Waals surface area contributed by atoms with Crippen molar-refractivity contribution in [2.75, 3.05) is 13.2 Å². The molecule has 0 rings (SSSR count). The van der Waals surface area contributed by atoms with Crippen LogP contribution in [0.5, 0.6) is 0 Å². The van der Waals surface area contributed by atoms with Gasteiger partial charge >= 0.3 is 17.9 Å². The second-order valence-electron chi connectivity index (χ2n) is 22.3. The van der Waals surface area contributed by atoms with Gasteiger partial charge in [-0.25, -0.2) is 0 Å². The SMILES string of the molecule is CC/C=C\C/C=C\C/C=C\C/C=C\C/C=C\C/C=C\C/C=C\CCCCCCCC(=O)OCC(COC(=O)CCC/C=C\C/C=C\C/C=C\C/C=C\C/C=C\CC)OC(=O)CCCCCCCCCCCCCCCCCCCCCCC. The Morgan fingerprint density at radius 3 is 0.783 bits per heavy atom. The molecule has 83 heavy (non-hydrogen) atoms. The van der Waals surface area contributed by atoms with Crippen LogP contribution in [0.25, 0.3) is 0 Å². The molecule has 0 aromatic heterocycles. The first-order chi connectivity index (χ1) is 41.0. The molecule has 0 N–H and O–H groups in total. The van der Waals surface area contributed by atoms with Crippen LogP contribution in [0.3, 0.4) is 0 Å². The lowest BCUT2D eigenvalue weighted by atomic mass is 10.0. The lowest BCUT2D eigenvalue weighted by molar-refractivity contribution is -0.167. The van der Waals surface area contributed by atoms with Crippen molar-refractivity contribution in [2.45, 2.75) is 309 Å². The van der Waals surface area contributed by atoms with Gasteiger partial charge in [-0.1, -0.05) is 314 Å². The molecule has 6 nitrogen and oxygen atoms in total. The van der Waals surface area contributed by atoms with Crippen LogP contribution in [0, 0.1) is 0 Å². The van der Waals surface area contributed by atoms with Crippen LogP contribution in [0.15, 0.2) is 146 Å². The van der Waals surface area contributed by atoms with Gasteiger partial charge in [0.1, 0.15) is 13.2 Å². The normalized spacial score (nSPS) is 13.0. The molecule has 0 amide bonds. The van der Waals surface area contributed by atoms with E-state index < -0.39 is 6.10 Å². The van der Waals surface area contributed by atoms with Crippen molar-refractivity contribution in [3.63, 3.8) is 0 Å². The summed E-state index contributed by atoms with van der Waals surface area (Å²) < 4.78 is 16.9. The summed E-state index contributed by atoms with van der Waals surface area (Å²) in [7, 11) is 0. The van der Waals surface area contributed by atoms with Gasteiger partial charge in [0.2, 0.25) is 0 Å². The molecular weight excluding hydrogens is 1020 g/mol. The molecule has 0 aromatic rings. The van der Waals surface area contributed by atoms with E-state index in [9.17, 15) is 14.4 Å². The zero-order valence-electron chi connectivity index (χ0n) is 53.9. The fourth-order valence-corrected chi connectivity index (χ4v) is 9.28. The summed E-state index contributed by atoms with van der Waals surface area (Å²) in [6, 6.07) is 0. The van der Waals surface area contributed by atoms with E-state index in [1.807, 2.05) is 0 Å². The summed E-state index contributed by atoms with van der Waals surface area (Å²) in [6.45, 7) is 6.37. The monoisotopic (exact) mass is 1150 g/mol. The molecule has 0 aliphatic rings. The Kier molecular flexibility index (Phi) is 65.8. The number of esters is 3. The lowest BCUT2D eigenvalue weighted by Gasteiger charge is -2.18. The third kappa shape index (κ3) is 68.0. The Hall–Kier alpha value is -4.71. The van der Waals surface area contributed by atoms with Crippen LogP contribution in [0.4, 0.5) is 0 Å². The summed E-state index contributed by atoms with van der Waals surface area (Å²) in [5, 5.41) is 0. The van der Waals surface area contributed by atoms with E-state index in [2.05, 4.69) is 167 Å². The number of allylic oxidation sites excluding steroid dienone is 24. The summed E-state index contributed by atoms with van der Waals surface area (Å²) in [4.78, 5) is 38.4. The van der Waals surface area contributed by atoms with E-state index in [4.69, 9.17) is 14.2 Å². The standard InChI is InChI=1S/C77H126O6/c1-4-7-10-13-16-19-22-25-28-31-33-35-36-37-38-39-40-42-43-46-49-52-55-58-61-64-67-70-76(79)82-73-74(72-81-75(78)69-66-63-60-57-54-51-48-45-30-27-24-21-18-15-12-9-6-3)83-77(80)71-68-65-62-59-56-53-50-47-44-41-34-32-29-26-23-20-17-14-11-8-5-2/h7,9-10,12,16,18-19,21,25,27-28,30,33,35,37-38,40,42,46,48-49,51,57,60,74H,4-6,8,11,13-15,17,20,22-24,26,29,31-32,34,36,39,41,43-45,47,50,52-56,58-59,61-73H2,1-3H3/b10-7-,12-9-,19-16-,21-18-,28-25-,30-27-,35-33-,38-37-,42-40-,49-46-,51-48-,60-57-. The minimum absolute atomic E-state index is 0.109. The molecule has 0 fully saturated rings. The van der Waals surface area contributed by atoms with Crippen LogP contribution in [0.1, 0.15) is 303 Å². The second kappa shape index (κ2) is 69.8. The number of unbranched alkanes of at least 4 members (excludes halogenated alkanes) is 26. The van der Waals surface area contributed by atoms with E-state index >= 15 is 0 Å². The maximum absolute atomic E-state index is 13.0. The van der Waals surface area contributed by atoms with Gasteiger partial charge in [0.05, 0.1) is 0 Å². The van der Waals surface area contributed by atoms with E-state index in [0.29, 0.717) is 19.3 Å². The van der Waals surface area contributed by atoms with Crippen molar-refractivity contribution in [3.8, 4) is 0 Å². The molecule has 0 spiro atoms. The van der Waals surface area contributed by atoms with Gasteiger partial charge in [-0.3, -0.25) is 14.4 Å². The second-order valence-corrected chi connectivity index (χ2v) is 22.3. The number of carbonyl (C=O) groups excluding carboxylic acids is 3. The quantitative estimate of drug-likeness (QED) is 0.0261. The van der Waals surface area contributed by atoms with Gasteiger partial charge in [0.25, 0.3) is 0 Å². The highest BCUT2D eigenvalue weighted by Gasteiger charge is 2.19. The Labute approximate surface area is 512 Å². The number of ether oxygens (including phenoxy) is 3. The van der Waals surface area contributed by atoms with Crippen LogP contribution >= 0.6 is 0 Å². The Morgan fingerprint density at radius 1 is 0.253 bits per heavy atom. The summed E-state index contributed by atoms with van der Waals surface area (Å²) >= 11 is 0. The van der Waals surface area contributed by atoms with Crippen molar-refractivity contribution in [3.05, 3.63) is 146 Å². The Balaban J connectivity index is 4.47. The third-order valence-electron chi connectivity index (χ3n) is 14.3. The maximum atomic E-state index is 13.0. The predicted molar refractivity (Wildman–Crippen MR) is 362 cm³/mol. The van der Waals surface area contributed by atoms with Crippen molar-refractivity contribution in [1.82, 2.24) is 0 Å². The van der Waals surface area contributed by atoms with E-state index in [-0.39, 0.29) is 37.5 Å². The number of rotatable bonds is 61. The highest BCUT2D eigenvalue weighted by Crippen LogP contribution is 2.17. The first-order valence-electron chi connectivity index (χ1n) is 34.3. The highest BCUT2D eigenvalue weighted by atomic mass is 16.6. The Bertz CT molecular complexity index is 1800. The molecular formula is C77H126O6. The molecule has 0 aliphatic heterocycles. The molecule has 0 bridgehead atoms. The summed E-state index contributed by atoms with van der Waals surface area (Å²) in [5.74, 6) is -0.979. The van der Waals surface area contributed by atoms with Gasteiger partial charge in [-0.05, 0) is 116 Å². The molecule has 1 unspecified atom stereocenters. The number of carbonyl (C=O) groups is 3. The van der Waals surface area contributed by atoms with Crippen molar-refractivity contribution in [1.29, 1.82) is 0 Å². The molecule has 6 heteroatoms. The first kappa shape index (κ1) is 78.3. The van der Waals surface area contributed by atoms with Gasteiger partial charge in [-0.15, -0.1) is 0 Å². The molecule has 0 heterocycles. The molecule has 0 saturated carbocycles. The first-order valence-corrected chi connectivity index (χ1v) is 34.3. The molecule has 1 atom stereocenters. The third-order valence-corrected chi connectivity index (χ3v) is 14.3. The molecule has 0 aromatic carbocycles. The van der Waals surface area contributed by atoms with Gasteiger partial charge in [0.15, 0.2) is 6.10 Å². The van der Waals surface area contributed by atoms with Crippen molar-refractivity contribution < 1.29 is 28.6 Å². The average molecular weight is 1150 g/mol. The minimum Gasteiger partial charge on any atom is -0.462 e. The lowest BCUT2D eigenvalue weighted by Crippen LogP contribution is -2.30. The smallest absolute Gasteiger partial charge is 0.306 e. The molecule has 0 saturated heterocycles. The molecule has 470 valence electrons.